The molecule has 0 aromatic carbocycles. The van der Waals surface area contributed by atoms with Gasteiger partial charge in [0.05, 0.1) is 4.75 Å². The Morgan fingerprint density at radius 1 is 1.62 bits per heavy atom. The SMILES string of the molecule is CSC(C)(C)C(=O)c1ccn(C)n1. The van der Waals surface area contributed by atoms with Gasteiger partial charge in [-0.15, -0.1) is 0 Å². The van der Waals surface area contributed by atoms with E-state index in [2.05, 4.69) is 5.10 Å². The minimum atomic E-state index is -0.381. The third kappa shape index (κ3) is 2.12. The van der Waals surface area contributed by atoms with Crippen molar-refractivity contribution in [2.45, 2.75) is 18.6 Å². The predicted molar refractivity (Wildman–Crippen MR) is 55.1 cm³/mol. The van der Waals surface area contributed by atoms with Crippen LogP contribution in [0.5, 0.6) is 0 Å². The lowest BCUT2D eigenvalue weighted by Gasteiger charge is -2.18. The highest BCUT2D eigenvalue weighted by Gasteiger charge is 2.28. The summed E-state index contributed by atoms with van der Waals surface area (Å²) in [6, 6.07) is 1.75. The topological polar surface area (TPSA) is 34.9 Å². The van der Waals surface area contributed by atoms with E-state index in [4.69, 9.17) is 0 Å². The molecular weight excluding hydrogens is 184 g/mol. The first-order valence-corrected chi connectivity index (χ1v) is 5.29. The van der Waals surface area contributed by atoms with Crippen molar-refractivity contribution in [2.75, 3.05) is 6.26 Å². The smallest absolute Gasteiger partial charge is 0.198 e. The molecule has 0 saturated carbocycles. The van der Waals surface area contributed by atoms with Crippen LogP contribution in [0.1, 0.15) is 24.3 Å². The normalized spacial score (nSPS) is 11.7. The van der Waals surface area contributed by atoms with E-state index in [1.54, 1.807) is 28.7 Å². The molecule has 4 heteroatoms. The van der Waals surface area contributed by atoms with Crippen molar-refractivity contribution >= 4 is 17.5 Å². The molecule has 0 aliphatic carbocycles. The lowest BCUT2D eigenvalue weighted by atomic mass is 10.1. The van der Waals surface area contributed by atoms with Gasteiger partial charge in [-0.05, 0) is 26.2 Å². The van der Waals surface area contributed by atoms with Crippen LogP contribution in [0.3, 0.4) is 0 Å². The highest BCUT2D eigenvalue weighted by molar-refractivity contribution is 8.00. The van der Waals surface area contributed by atoms with Gasteiger partial charge in [0, 0.05) is 13.2 Å². The second-order valence-electron chi connectivity index (χ2n) is 3.42. The molecular formula is C9H14N2OS. The number of hydrogen-bond acceptors (Lipinski definition) is 3. The Bertz CT molecular complexity index is 317. The molecule has 0 amide bonds. The third-order valence-corrected chi connectivity index (χ3v) is 3.21. The van der Waals surface area contributed by atoms with Crippen molar-refractivity contribution < 1.29 is 4.79 Å². The van der Waals surface area contributed by atoms with Crippen molar-refractivity contribution in [3.8, 4) is 0 Å². The number of aryl methyl sites for hydroxylation is 1. The summed E-state index contributed by atoms with van der Waals surface area (Å²) in [5, 5.41) is 4.08. The molecule has 1 rings (SSSR count). The van der Waals surface area contributed by atoms with E-state index in [-0.39, 0.29) is 10.5 Å². The Hall–Kier alpha value is -0.770. The van der Waals surface area contributed by atoms with Crippen LogP contribution < -0.4 is 0 Å². The number of aromatic nitrogens is 2. The average Bonchev–Trinajstić information content (AvgIpc) is 2.50. The van der Waals surface area contributed by atoms with E-state index >= 15 is 0 Å². The molecule has 0 N–H and O–H groups in total. The highest BCUT2D eigenvalue weighted by Crippen LogP contribution is 2.25. The number of rotatable bonds is 3. The number of thioether (sulfide) groups is 1. The molecule has 72 valence electrons. The fourth-order valence-electron chi connectivity index (χ4n) is 0.937. The van der Waals surface area contributed by atoms with Crippen molar-refractivity contribution in [3.63, 3.8) is 0 Å². The number of nitrogens with zero attached hydrogens (tertiary/aromatic N) is 2. The van der Waals surface area contributed by atoms with Crippen LogP contribution in [-0.2, 0) is 7.05 Å². The third-order valence-electron chi connectivity index (χ3n) is 2.00. The molecule has 0 atom stereocenters. The predicted octanol–water partition coefficient (Wildman–Crippen LogP) is 1.74. The van der Waals surface area contributed by atoms with Crippen LogP contribution in [0.2, 0.25) is 0 Å². The van der Waals surface area contributed by atoms with E-state index in [9.17, 15) is 4.79 Å². The van der Waals surface area contributed by atoms with Crippen LogP contribution in [-0.4, -0.2) is 26.6 Å². The van der Waals surface area contributed by atoms with Gasteiger partial charge in [-0.3, -0.25) is 9.48 Å². The van der Waals surface area contributed by atoms with Gasteiger partial charge in [0.1, 0.15) is 5.69 Å². The van der Waals surface area contributed by atoms with Crippen LogP contribution in [0.4, 0.5) is 0 Å². The first-order chi connectivity index (χ1) is 5.97. The molecule has 0 unspecified atom stereocenters. The second kappa shape index (κ2) is 3.54. The molecule has 13 heavy (non-hydrogen) atoms. The molecule has 0 radical (unpaired) electrons. The van der Waals surface area contributed by atoms with Crippen molar-refractivity contribution in [2.24, 2.45) is 7.05 Å². The van der Waals surface area contributed by atoms with Crippen molar-refractivity contribution in [3.05, 3.63) is 18.0 Å². The van der Waals surface area contributed by atoms with Gasteiger partial charge < -0.3 is 0 Å². The summed E-state index contributed by atoms with van der Waals surface area (Å²) in [4.78, 5) is 11.8. The Kier molecular flexibility index (Phi) is 2.81. The molecule has 0 fully saturated rings. The molecule has 0 saturated heterocycles. The number of carbonyl (C=O) groups is 1. The summed E-state index contributed by atoms with van der Waals surface area (Å²) in [6.07, 6.45) is 3.71. The monoisotopic (exact) mass is 198 g/mol. The molecule has 1 aromatic rings. The van der Waals surface area contributed by atoms with E-state index in [0.717, 1.165) is 0 Å². The Morgan fingerprint density at radius 3 is 2.62 bits per heavy atom. The summed E-state index contributed by atoms with van der Waals surface area (Å²) in [6.45, 7) is 3.82. The zero-order valence-corrected chi connectivity index (χ0v) is 9.18. The maximum Gasteiger partial charge on any atom is 0.198 e. The van der Waals surface area contributed by atoms with Gasteiger partial charge in [0.25, 0.3) is 0 Å². The standard InChI is InChI=1S/C9H14N2OS/c1-9(2,13-4)8(12)7-5-6-11(3)10-7/h5-6H,1-4H3. The summed E-state index contributed by atoms with van der Waals surface area (Å²) in [5.74, 6) is 0.0839. The van der Waals surface area contributed by atoms with Crippen molar-refractivity contribution in [1.29, 1.82) is 0 Å². The molecule has 0 aliphatic heterocycles. The minimum Gasteiger partial charge on any atom is -0.291 e. The van der Waals surface area contributed by atoms with E-state index in [0.29, 0.717) is 5.69 Å². The first-order valence-electron chi connectivity index (χ1n) is 4.07. The largest absolute Gasteiger partial charge is 0.291 e. The molecule has 3 nitrogen and oxygen atoms in total. The molecule has 0 bridgehead atoms. The van der Waals surface area contributed by atoms with Crippen LogP contribution in [0.15, 0.2) is 12.3 Å². The second-order valence-corrected chi connectivity index (χ2v) is 4.85. The molecule has 0 spiro atoms. The summed E-state index contributed by atoms with van der Waals surface area (Å²) >= 11 is 1.54. The van der Waals surface area contributed by atoms with Gasteiger partial charge in [-0.1, -0.05) is 0 Å². The van der Waals surface area contributed by atoms with Gasteiger partial charge in [0.2, 0.25) is 0 Å². The Balaban J connectivity index is 2.91. The minimum absolute atomic E-state index is 0.0839. The number of carbonyl (C=O) groups excluding carboxylic acids is 1. The van der Waals surface area contributed by atoms with E-state index in [1.807, 2.05) is 27.2 Å². The van der Waals surface area contributed by atoms with Crippen molar-refractivity contribution in [1.82, 2.24) is 9.78 Å². The average molecular weight is 198 g/mol. The highest BCUT2D eigenvalue weighted by atomic mass is 32.2. The van der Waals surface area contributed by atoms with E-state index < -0.39 is 0 Å². The molecule has 1 aromatic heterocycles. The Morgan fingerprint density at radius 2 is 2.23 bits per heavy atom. The number of hydrogen-bond donors (Lipinski definition) is 0. The lowest BCUT2D eigenvalue weighted by molar-refractivity contribution is 0.0952. The fourth-order valence-corrected chi connectivity index (χ4v) is 1.23. The van der Waals surface area contributed by atoms with Crippen LogP contribution in [0, 0.1) is 0 Å². The van der Waals surface area contributed by atoms with Gasteiger partial charge >= 0.3 is 0 Å². The van der Waals surface area contributed by atoms with Crippen LogP contribution >= 0.6 is 11.8 Å². The van der Waals surface area contributed by atoms with Crippen LogP contribution in [0.25, 0.3) is 0 Å². The van der Waals surface area contributed by atoms with E-state index in [1.165, 1.54) is 0 Å². The van der Waals surface area contributed by atoms with Gasteiger partial charge in [-0.2, -0.15) is 16.9 Å². The van der Waals surface area contributed by atoms with Gasteiger partial charge in [-0.25, -0.2) is 0 Å². The maximum absolute atomic E-state index is 11.8. The maximum atomic E-state index is 11.8. The fraction of sp³-hybridized carbons (Fsp3) is 0.556. The lowest BCUT2D eigenvalue weighted by Crippen LogP contribution is -2.27. The van der Waals surface area contributed by atoms with Gasteiger partial charge in [0.15, 0.2) is 5.78 Å². The first kappa shape index (κ1) is 10.3. The zero-order chi connectivity index (χ0) is 10.1. The Labute approximate surface area is 82.5 Å². The summed E-state index contributed by atoms with van der Waals surface area (Å²) < 4.78 is 1.26. The zero-order valence-electron chi connectivity index (χ0n) is 8.37. The summed E-state index contributed by atoms with van der Waals surface area (Å²) in [7, 11) is 1.81. The molecule has 1 heterocycles. The number of ketones is 1. The quantitative estimate of drug-likeness (QED) is 0.694. The molecule has 0 aliphatic rings. The summed E-state index contributed by atoms with van der Waals surface area (Å²) in [5.41, 5.74) is 0.543. The number of Topliss-reactive ketones (excluding diaryl/α,β-unsaturated/α-hetero) is 1.